The molecule has 8 heteroatoms. The van der Waals surface area contributed by atoms with Gasteiger partial charge >= 0.3 is 12.0 Å². The quantitative estimate of drug-likeness (QED) is 0.731. The number of hydrogen-bond acceptors (Lipinski definition) is 4. The van der Waals surface area contributed by atoms with Crippen molar-refractivity contribution in [2.24, 2.45) is 0 Å². The van der Waals surface area contributed by atoms with Crippen LogP contribution in [0.5, 0.6) is 0 Å². The van der Waals surface area contributed by atoms with E-state index >= 15 is 0 Å². The van der Waals surface area contributed by atoms with Crippen molar-refractivity contribution in [2.45, 2.75) is 32.2 Å². The zero-order chi connectivity index (χ0) is 18.4. The number of urea groups is 1. The summed E-state index contributed by atoms with van der Waals surface area (Å²) in [7, 11) is 0. The Labute approximate surface area is 146 Å². The third-order valence-corrected chi connectivity index (χ3v) is 3.98. The van der Waals surface area contributed by atoms with Gasteiger partial charge in [0.15, 0.2) is 0 Å². The minimum atomic E-state index is -0.913. The highest BCUT2D eigenvalue weighted by Gasteiger charge is 2.23. The molecule has 1 saturated heterocycles. The topological polar surface area (TPSA) is 90.9 Å². The smallest absolute Gasteiger partial charge is 0.319 e. The van der Waals surface area contributed by atoms with Gasteiger partial charge in [-0.15, -0.1) is 0 Å². The minimum absolute atomic E-state index is 0.0388. The van der Waals surface area contributed by atoms with Gasteiger partial charge in [-0.05, 0) is 38.5 Å². The normalized spacial score (nSPS) is 14.9. The SMILES string of the molecule is CC(C)(CCC(=O)O)NC(=O)Nc1ccc(F)cc1N1CCOCC1. The van der Waals surface area contributed by atoms with Crippen LogP contribution in [0.2, 0.25) is 0 Å². The number of anilines is 2. The van der Waals surface area contributed by atoms with Gasteiger partial charge in [-0.1, -0.05) is 0 Å². The molecule has 0 aromatic heterocycles. The van der Waals surface area contributed by atoms with Crippen LogP contribution in [-0.4, -0.2) is 48.9 Å². The van der Waals surface area contributed by atoms with Gasteiger partial charge < -0.3 is 25.4 Å². The van der Waals surface area contributed by atoms with E-state index in [2.05, 4.69) is 10.6 Å². The van der Waals surface area contributed by atoms with Crippen LogP contribution in [0.15, 0.2) is 18.2 Å². The highest BCUT2D eigenvalue weighted by molar-refractivity contribution is 5.93. The van der Waals surface area contributed by atoms with Crippen LogP contribution in [0.3, 0.4) is 0 Å². The van der Waals surface area contributed by atoms with Gasteiger partial charge in [-0.25, -0.2) is 9.18 Å². The second-order valence-corrected chi connectivity index (χ2v) is 6.62. The summed E-state index contributed by atoms with van der Waals surface area (Å²) in [6.07, 6.45) is 0.262. The molecule has 2 amide bonds. The first-order chi connectivity index (χ1) is 11.8. The largest absolute Gasteiger partial charge is 0.481 e. The number of hydrogen-bond donors (Lipinski definition) is 3. The molecule has 0 atom stereocenters. The number of halogens is 1. The summed E-state index contributed by atoms with van der Waals surface area (Å²) < 4.78 is 18.9. The Morgan fingerprint density at radius 1 is 1.32 bits per heavy atom. The fraction of sp³-hybridized carbons (Fsp3) is 0.529. The van der Waals surface area contributed by atoms with Crippen molar-refractivity contribution in [3.8, 4) is 0 Å². The Hall–Kier alpha value is -2.35. The number of rotatable bonds is 6. The second kappa shape index (κ2) is 8.15. The number of carboxylic acid groups (broad SMARTS) is 1. The summed E-state index contributed by atoms with van der Waals surface area (Å²) in [6.45, 7) is 5.83. The summed E-state index contributed by atoms with van der Waals surface area (Å²) in [5, 5.41) is 14.3. The zero-order valence-electron chi connectivity index (χ0n) is 14.5. The van der Waals surface area contributed by atoms with Crippen molar-refractivity contribution < 1.29 is 23.8 Å². The molecule has 3 N–H and O–H groups in total. The number of nitrogens with one attached hydrogen (secondary N) is 2. The number of amides is 2. The van der Waals surface area contributed by atoms with E-state index in [1.165, 1.54) is 18.2 Å². The maximum Gasteiger partial charge on any atom is 0.319 e. The van der Waals surface area contributed by atoms with Crippen LogP contribution in [0.1, 0.15) is 26.7 Å². The van der Waals surface area contributed by atoms with Crippen LogP contribution >= 0.6 is 0 Å². The molecule has 1 heterocycles. The monoisotopic (exact) mass is 353 g/mol. The van der Waals surface area contributed by atoms with E-state index in [0.29, 0.717) is 44.1 Å². The van der Waals surface area contributed by atoms with E-state index in [0.717, 1.165) is 0 Å². The average molecular weight is 353 g/mol. The molecule has 1 aromatic carbocycles. The standard InChI is InChI=1S/C17H24FN3O4/c1-17(2,6-5-15(22)23)20-16(24)19-13-4-3-12(18)11-14(13)21-7-9-25-10-8-21/h3-4,11H,5-10H2,1-2H3,(H,22,23)(H2,19,20,24). The summed E-state index contributed by atoms with van der Waals surface area (Å²) in [4.78, 5) is 24.9. The van der Waals surface area contributed by atoms with Crippen molar-refractivity contribution in [1.82, 2.24) is 5.32 Å². The van der Waals surface area contributed by atoms with Crippen molar-refractivity contribution in [3.63, 3.8) is 0 Å². The number of nitrogens with zero attached hydrogens (tertiary/aromatic N) is 1. The van der Waals surface area contributed by atoms with Gasteiger partial charge in [0.25, 0.3) is 0 Å². The number of morpholine rings is 1. The third kappa shape index (κ3) is 5.90. The predicted molar refractivity (Wildman–Crippen MR) is 92.5 cm³/mol. The first-order valence-electron chi connectivity index (χ1n) is 8.20. The lowest BCUT2D eigenvalue weighted by atomic mass is 9.99. The van der Waals surface area contributed by atoms with Crippen molar-refractivity contribution >= 4 is 23.4 Å². The Balaban J connectivity index is 2.06. The molecular weight excluding hydrogens is 329 g/mol. The van der Waals surface area contributed by atoms with E-state index in [-0.39, 0.29) is 12.2 Å². The molecule has 0 unspecified atom stereocenters. The molecule has 0 saturated carbocycles. The Morgan fingerprint density at radius 2 is 2.00 bits per heavy atom. The number of ether oxygens (including phenoxy) is 1. The first kappa shape index (κ1) is 19.0. The van der Waals surface area contributed by atoms with Gasteiger partial charge in [0, 0.05) is 25.0 Å². The molecule has 1 aliphatic rings. The molecule has 1 aromatic rings. The second-order valence-electron chi connectivity index (χ2n) is 6.62. The fourth-order valence-corrected chi connectivity index (χ4v) is 2.62. The van der Waals surface area contributed by atoms with E-state index in [9.17, 15) is 14.0 Å². The van der Waals surface area contributed by atoms with Crippen molar-refractivity contribution in [1.29, 1.82) is 0 Å². The lowest BCUT2D eigenvalue weighted by Crippen LogP contribution is -2.46. The summed E-state index contributed by atoms with van der Waals surface area (Å²) in [5.41, 5.74) is 0.415. The van der Waals surface area contributed by atoms with E-state index < -0.39 is 17.5 Å². The van der Waals surface area contributed by atoms with Crippen molar-refractivity contribution in [2.75, 3.05) is 36.5 Å². The molecule has 0 spiro atoms. The molecule has 1 aliphatic heterocycles. The third-order valence-electron chi connectivity index (χ3n) is 3.98. The van der Waals surface area contributed by atoms with E-state index in [4.69, 9.17) is 9.84 Å². The Bertz CT molecular complexity index is 630. The van der Waals surface area contributed by atoms with Crippen LogP contribution in [-0.2, 0) is 9.53 Å². The van der Waals surface area contributed by atoms with Crippen LogP contribution in [0.25, 0.3) is 0 Å². The van der Waals surface area contributed by atoms with Gasteiger partial charge in [0.1, 0.15) is 5.82 Å². The molecule has 2 rings (SSSR count). The number of carbonyl (C=O) groups excluding carboxylic acids is 1. The van der Waals surface area contributed by atoms with Gasteiger partial charge in [0.2, 0.25) is 0 Å². The van der Waals surface area contributed by atoms with Gasteiger partial charge in [-0.2, -0.15) is 0 Å². The predicted octanol–water partition coefficient (Wildman–Crippen LogP) is 2.43. The molecule has 1 fully saturated rings. The van der Waals surface area contributed by atoms with E-state index in [1.54, 1.807) is 13.8 Å². The molecule has 0 radical (unpaired) electrons. The van der Waals surface area contributed by atoms with Gasteiger partial charge in [-0.3, -0.25) is 4.79 Å². The van der Waals surface area contributed by atoms with Crippen LogP contribution in [0.4, 0.5) is 20.6 Å². The molecular formula is C17H24FN3O4. The minimum Gasteiger partial charge on any atom is -0.481 e. The first-order valence-corrected chi connectivity index (χ1v) is 8.20. The molecule has 138 valence electrons. The highest BCUT2D eigenvalue weighted by Crippen LogP contribution is 2.28. The molecule has 0 aliphatic carbocycles. The maximum absolute atomic E-state index is 13.6. The van der Waals surface area contributed by atoms with Crippen LogP contribution < -0.4 is 15.5 Å². The lowest BCUT2D eigenvalue weighted by molar-refractivity contribution is -0.137. The average Bonchev–Trinajstić information content (AvgIpc) is 2.55. The van der Waals surface area contributed by atoms with Crippen LogP contribution in [0, 0.1) is 5.82 Å². The number of carboxylic acids is 1. The molecule has 25 heavy (non-hydrogen) atoms. The van der Waals surface area contributed by atoms with E-state index in [1.807, 2.05) is 4.90 Å². The molecule has 7 nitrogen and oxygen atoms in total. The Kier molecular flexibility index (Phi) is 6.19. The number of carbonyl (C=O) groups is 2. The fourth-order valence-electron chi connectivity index (χ4n) is 2.62. The summed E-state index contributed by atoms with van der Waals surface area (Å²) >= 11 is 0. The molecule has 0 bridgehead atoms. The zero-order valence-corrected chi connectivity index (χ0v) is 14.5. The highest BCUT2D eigenvalue weighted by atomic mass is 19.1. The van der Waals surface area contributed by atoms with Crippen molar-refractivity contribution in [3.05, 3.63) is 24.0 Å². The summed E-state index contributed by atoms with van der Waals surface area (Å²) in [6, 6.07) is 3.73. The number of aliphatic carboxylic acids is 1. The van der Waals surface area contributed by atoms with Gasteiger partial charge in [0.05, 0.1) is 24.6 Å². The maximum atomic E-state index is 13.6. The summed E-state index contributed by atoms with van der Waals surface area (Å²) in [5.74, 6) is -1.29. The Morgan fingerprint density at radius 3 is 2.64 bits per heavy atom. The lowest BCUT2D eigenvalue weighted by Gasteiger charge is -2.31. The number of benzene rings is 1.